The van der Waals surface area contributed by atoms with E-state index in [1.165, 1.54) is 0 Å². The van der Waals surface area contributed by atoms with Crippen molar-refractivity contribution < 1.29 is 14.3 Å². The molecule has 0 bridgehead atoms. The van der Waals surface area contributed by atoms with Crippen LogP contribution in [-0.4, -0.2) is 43.0 Å². The number of amides is 2. The molecule has 5 nitrogen and oxygen atoms in total. The highest BCUT2D eigenvalue weighted by Crippen LogP contribution is 2.24. The van der Waals surface area contributed by atoms with Gasteiger partial charge in [0.1, 0.15) is 0 Å². The Hall–Kier alpha value is -1.88. The molecule has 1 heterocycles. The largest absolute Gasteiger partial charge is 0.377 e. The third kappa shape index (κ3) is 4.04. The Morgan fingerprint density at radius 3 is 2.86 bits per heavy atom. The van der Waals surface area contributed by atoms with Crippen molar-refractivity contribution in [1.29, 1.82) is 0 Å². The molecule has 21 heavy (non-hydrogen) atoms. The van der Waals surface area contributed by atoms with Gasteiger partial charge in [-0.1, -0.05) is 0 Å². The number of hydrogen-bond acceptors (Lipinski definition) is 3. The van der Waals surface area contributed by atoms with E-state index in [0.29, 0.717) is 31.6 Å². The third-order valence-electron chi connectivity index (χ3n) is 3.47. The zero-order valence-corrected chi connectivity index (χ0v) is 12.8. The minimum Gasteiger partial charge on any atom is -0.377 e. The van der Waals surface area contributed by atoms with Crippen LogP contribution in [0.2, 0.25) is 0 Å². The van der Waals surface area contributed by atoms with Crippen LogP contribution >= 0.6 is 0 Å². The van der Waals surface area contributed by atoms with Crippen molar-refractivity contribution in [2.24, 2.45) is 0 Å². The first-order valence-corrected chi connectivity index (χ1v) is 7.27. The van der Waals surface area contributed by atoms with E-state index < -0.39 is 0 Å². The van der Waals surface area contributed by atoms with Crippen LogP contribution < -0.4 is 5.32 Å². The summed E-state index contributed by atoms with van der Waals surface area (Å²) < 4.78 is 5.46. The number of anilines is 1. The molecule has 0 spiro atoms. The van der Waals surface area contributed by atoms with E-state index in [1.807, 2.05) is 19.9 Å². The molecule has 0 atom stereocenters. The minimum absolute atomic E-state index is 0.0259. The van der Waals surface area contributed by atoms with Crippen LogP contribution in [0.4, 0.5) is 5.69 Å². The summed E-state index contributed by atoms with van der Waals surface area (Å²) in [6, 6.07) is 5.43. The van der Waals surface area contributed by atoms with Crippen molar-refractivity contribution in [2.75, 3.05) is 25.5 Å². The van der Waals surface area contributed by atoms with Gasteiger partial charge in [-0.3, -0.25) is 9.59 Å². The van der Waals surface area contributed by atoms with Crippen LogP contribution in [-0.2, 0) is 16.0 Å². The zero-order chi connectivity index (χ0) is 15.4. The summed E-state index contributed by atoms with van der Waals surface area (Å²) in [5.41, 5.74) is 2.48. The first-order chi connectivity index (χ1) is 9.97. The molecule has 0 saturated heterocycles. The number of fused-ring (bicyclic) bond motifs is 1. The van der Waals surface area contributed by atoms with Crippen molar-refractivity contribution in [3.05, 3.63) is 29.3 Å². The SMILES string of the molecule is CC(C)OCCN(C)C(=O)c1ccc2c(c1)CCC(=O)N2. The molecular weight excluding hydrogens is 268 g/mol. The van der Waals surface area contributed by atoms with Crippen LogP contribution in [0.1, 0.15) is 36.2 Å². The van der Waals surface area contributed by atoms with Crippen LogP contribution in [0.5, 0.6) is 0 Å². The second-order valence-corrected chi connectivity index (χ2v) is 5.57. The zero-order valence-electron chi connectivity index (χ0n) is 12.8. The molecule has 0 radical (unpaired) electrons. The Bertz CT molecular complexity index is 540. The van der Waals surface area contributed by atoms with E-state index in [1.54, 1.807) is 24.1 Å². The van der Waals surface area contributed by atoms with Gasteiger partial charge < -0.3 is 15.0 Å². The van der Waals surface area contributed by atoms with Crippen molar-refractivity contribution in [1.82, 2.24) is 4.90 Å². The number of aryl methyl sites for hydroxylation is 1. The fourth-order valence-corrected chi connectivity index (χ4v) is 2.26. The molecule has 0 fully saturated rings. The number of rotatable bonds is 5. The maximum atomic E-state index is 12.4. The smallest absolute Gasteiger partial charge is 0.253 e. The third-order valence-corrected chi connectivity index (χ3v) is 3.47. The second kappa shape index (κ2) is 6.72. The Kier molecular flexibility index (Phi) is 4.96. The molecule has 1 aliphatic rings. The van der Waals surface area contributed by atoms with Crippen molar-refractivity contribution in [3.63, 3.8) is 0 Å². The molecule has 0 saturated carbocycles. The lowest BCUT2D eigenvalue weighted by Gasteiger charge is -2.21. The Labute approximate surface area is 125 Å². The average molecular weight is 290 g/mol. The quantitative estimate of drug-likeness (QED) is 0.903. The molecule has 1 aromatic carbocycles. The maximum absolute atomic E-state index is 12.4. The number of carbonyl (C=O) groups excluding carboxylic acids is 2. The lowest BCUT2D eigenvalue weighted by Crippen LogP contribution is -2.31. The van der Waals surface area contributed by atoms with Crippen molar-refractivity contribution in [3.8, 4) is 0 Å². The highest BCUT2D eigenvalue weighted by atomic mass is 16.5. The Morgan fingerprint density at radius 2 is 2.14 bits per heavy atom. The molecular formula is C16H22N2O3. The standard InChI is InChI=1S/C16H22N2O3/c1-11(2)21-9-8-18(3)16(20)13-4-6-14-12(10-13)5-7-15(19)17-14/h4,6,10-11H,5,7-9H2,1-3H3,(H,17,19). The summed E-state index contributed by atoms with van der Waals surface area (Å²) in [5, 5.41) is 2.82. The molecule has 0 aliphatic carbocycles. The number of hydrogen-bond donors (Lipinski definition) is 1. The van der Waals surface area contributed by atoms with Crippen LogP contribution in [0.25, 0.3) is 0 Å². The van der Waals surface area contributed by atoms with E-state index >= 15 is 0 Å². The maximum Gasteiger partial charge on any atom is 0.253 e. The fraction of sp³-hybridized carbons (Fsp3) is 0.500. The van der Waals surface area contributed by atoms with Gasteiger partial charge in [0.25, 0.3) is 5.91 Å². The molecule has 1 N–H and O–H groups in total. The highest BCUT2D eigenvalue weighted by Gasteiger charge is 2.18. The monoisotopic (exact) mass is 290 g/mol. The van der Waals surface area contributed by atoms with Gasteiger partial charge in [0.05, 0.1) is 12.7 Å². The van der Waals surface area contributed by atoms with Crippen molar-refractivity contribution in [2.45, 2.75) is 32.8 Å². The molecule has 1 aromatic rings. The van der Waals surface area contributed by atoms with Crippen LogP contribution in [0.3, 0.4) is 0 Å². The second-order valence-electron chi connectivity index (χ2n) is 5.57. The summed E-state index contributed by atoms with van der Waals surface area (Å²) in [7, 11) is 1.77. The van der Waals surface area contributed by atoms with Gasteiger partial charge in [-0.05, 0) is 44.0 Å². The van der Waals surface area contributed by atoms with Crippen LogP contribution in [0.15, 0.2) is 18.2 Å². The minimum atomic E-state index is -0.0259. The van der Waals surface area contributed by atoms with E-state index in [4.69, 9.17) is 4.74 Å². The molecule has 0 aromatic heterocycles. The summed E-state index contributed by atoms with van der Waals surface area (Å²) in [6.45, 7) is 5.03. The number of benzene rings is 1. The fourth-order valence-electron chi connectivity index (χ4n) is 2.26. The number of nitrogens with one attached hydrogen (secondary N) is 1. The predicted molar refractivity (Wildman–Crippen MR) is 81.4 cm³/mol. The van der Waals surface area contributed by atoms with Gasteiger partial charge in [-0.2, -0.15) is 0 Å². The van der Waals surface area contributed by atoms with E-state index in [0.717, 1.165) is 11.3 Å². The molecule has 5 heteroatoms. The predicted octanol–water partition coefficient (Wildman–Crippen LogP) is 2.07. The summed E-state index contributed by atoms with van der Waals surface area (Å²) in [5.74, 6) is 0.00610. The topological polar surface area (TPSA) is 58.6 Å². The molecule has 1 aliphatic heterocycles. The van der Waals surface area contributed by atoms with Crippen molar-refractivity contribution >= 4 is 17.5 Å². The molecule has 114 valence electrons. The molecule has 2 amide bonds. The van der Waals surface area contributed by atoms with Gasteiger partial charge in [-0.25, -0.2) is 0 Å². The highest BCUT2D eigenvalue weighted by molar-refractivity contribution is 5.97. The van der Waals surface area contributed by atoms with Crippen LogP contribution in [0, 0.1) is 0 Å². The van der Waals surface area contributed by atoms with E-state index in [2.05, 4.69) is 5.32 Å². The van der Waals surface area contributed by atoms with Gasteiger partial charge in [-0.15, -0.1) is 0 Å². The normalized spacial score (nSPS) is 13.8. The first kappa shape index (κ1) is 15.5. The Balaban J connectivity index is 2.01. The average Bonchev–Trinajstić information content (AvgIpc) is 2.45. The summed E-state index contributed by atoms with van der Waals surface area (Å²) in [6.07, 6.45) is 1.33. The van der Waals surface area contributed by atoms with E-state index in [9.17, 15) is 9.59 Å². The summed E-state index contributed by atoms with van der Waals surface area (Å²) in [4.78, 5) is 25.3. The number of carbonyl (C=O) groups is 2. The molecule has 2 rings (SSSR count). The lowest BCUT2D eigenvalue weighted by atomic mass is 10.00. The molecule has 0 unspecified atom stereocenters. The van der Waals surface area contributed by atoms with E-state index in [-0.39, 0.29) is 17.9 Å². The van der Waals surface area contributed by atoms with Gasteiger partial charge in [0.15, 0.2) is 0 Å². The number of likely N-dealkylation sites (N-methyl/N-ethyl adjacent to an activating group) is 1. The number of nitrogens with zero attached hydrogens (tertiary/aromatic N) is 1. The lowest BCUT2D eigenvalue weighted by molar-refractivity contribution is -0.116. The number of ether oxygens (including phenoxy) is 1. The Morgan fingerprint density at radius 1 is 1.38 bits per heavy atom. The first-order valence-electron chi connectivity index (χ1n) is 7.27. The summed E-state index contributed by atoms with van der Waals surface area (Å²) >= 11 is 0. The van der Waals surface area contributed by atoms with Gasteiger partial charge in [0, 0.05) is 31.3 Å². The van der Waals surface area contributed by atoms with Gasteiger partial charge in [0.2, 0.25) is 5.91 Å². The van der Waals surface area contributed by atoms with Gasteiger partial charge >= 0.3 is 0 Å².